The zero-order valence-corrected chi connectivity index (χ0v) is 20.4. The van der Waals surface area contributed by atoms with E-state index in [1.165, 1.54) is 37.5 Å². The van der Waals surface area contributed by atoms with E-state index >= 15 is 0 Å². The number of furan rings is 1. The Morgan fingerprint density at radius 2 is 1.92 bits per heavy atom. The minimum atomic E-state index is -0.731. The van der Waals surface area contributed by atoms with E-state index in [-0.39, 0.29) is 46.7 Å². The molecule has 1 N–H and O–H groups in total. The highest BCUT2D eigenvalue weighted by atomic mass is 35.5. The van der Waals surface area contributed by atoms with Crippen molar-refractivity contribution in [2.75, 3.05) is 7.11 Å². The van der Waals surface area contributed by atoms with Gasteiger partial charge in [0.2, 0.25) is 11.5 Å². The van der Waals surface area contributed by atoms with Crippen LogP contribution in [0.4, 0.5) is 10.5 Å². The number of imide groups is 1. The molecule has 0 aliphatic carbocycles. The molecule has 0 unspecified atom stereocenters. The molecule has 0 saturated carbocycles. The second-order valence-electron chi connectivity index (χ2n) is 8.02. The van der Waals surface area contributed by atoms with Crippen LogP contribution in [0.5, 0.6) is 5.75 Å². The van der Waals surface area contributed by atoms with Crippen molar-refractivity contribution in [2.45, 2.75) is 20.1 Å². The number of aryl methyl sites for hydroxylation is 1. The van der Waals surface area contributed by atoms with Gasteiger partial charge in [0, 0.05) is 6.07 Å². The van der Waals surface area contributed by atoms with Crippen molar-refractivity contribution in [2.24, 2.45) is 0 Å². The van der Waals surface area contributed by atoms with Crippen LogP contribution in [0.25, 0.3) is 6.08 Å². The molecule has 1 fully saturated rings. The Kier molecular flexibility index (Phi) is 7.25. The molecule has 0 spiro atoms. The predicted molar refractivity (Wildman–Crippen MR) is 131 cm³/mol. The summed E-state index contributed by atoms with van der Waals surface area (Å²) >= 11 is 6.30. The standard InChI is InChI=1S/C25H20ClN3O8/c1-14-3-5-15(6-4-14)13-36-22-18(26)9-16(11-20(22)29(33)34)10-19-23(30)28(25(32)27-19)12-17-7-8-21(37-17)24(31)35-2/h3-11H,12-13H2,1-2H3,(H,27,32)/b19-10-. The summed E-state index contributed by atoms with van der Waals surface area (Å²) in [4.78, 5) is 48.7. The molecule has 4 rings (SSSR count). The first-order valence-corrected chi connectivity index (χ1v) is 11.2. The van der Waals surface area contributed by atoms with E-state index in [4.69, 9.17) is 20.8 Å². The number of esters is 1. The van der Waals surface area contributed by atoms with Crippen molar-refractivity contribution in [3.8, 4) is 5.75 Å². The summed E-state index contributed by atoms with van der Waals surface area (Å²) in [6.45, 7) is 1.76. The van der Waals surface area contributed by atoms with Crippen LogP contribution in [0, 0.1) is 17.0 Å². The number of hydrogen-bond donors (Lipinski definition) is 1. The van der Waals surface area contributed by atoms with Gasteiger partial charge in [0.1, 0.15) is 18.1 Å². The number of benzene rings is 2. The summed E-state index contributed by atoms with van der Waals surface area (Å²) in [6, 6.07) is 12.1. The van der Waals surface area contributed by atoms with Gasteiger partial charge in [-0.1, -0.05) is 41.4 Å². The van der Waals surface area contributed by atoms with Gasteiger partial charge < -0.3 is 19.2 Å². The molecule has 190 valence electrons. The molecule has 1 saturated heterocycles. The largest absolute Gasteiger partial charge is 0.481 e. The lowest BCUT2D eigenvalue weighted by atomic mass is 10.1. The quantitative estimate of drug-likeness (QED) is 0.148. The first kappa shape index (κ1) is 25.5. The summed E-state index contributed by atoms with van der Waals surface area (Å²) < 4.78 is 15.5. The number of ether oxygens (including phenoxy) is 2. The Morgan fingerprint density at radius 1 is 1.19 bits per heavy atom. The van der Waals surface area contributed by atoms with Crippen LogP contribution in [0.1, 0.15) is 33.0 Å². The van der Waals surface area contributed by atoms with E-state index < -0.39 is 28.5 Å². The predicted octanol–water partition coefficient (Wildman–Crippen LogP) is 4.61. The van der Waals surface area contributed by atoms with Gasteiger partial charge in [-0.3, -0.25) is 19.8 Å². The van der Waals surface area contributed by atoms with Crippen molar-refractivity contribution in [3.63, 3.8) is 0 Å². The molecule has 11 nitrogen and oxygen atoms in total. The second-order valence-corrected chi connectivity index (χ2v) is 8.43. The van der Waals surface area contributed by atoms with Crippen LogP contribution < -0.4 is 10.1 Å². The lowest BCUT2D eigenvalue weighted by Crippen LogP contribution is -2.30. The maximum Gasteiger partial charge on any atom is 0.373 e. The molecule has 0 atom stereocenters. The molecule has 37 heavy (non-hydrogen) atoms. The summed E-state index contributed by atoms with van der Waals surface area (Å²) in [6.07, 6.45) is 1.27. The van der Waals surface area contributed by atoms with Crippen LogP contribution in [0.15, 0.2) is 58.6 Å². The molecule has 3 amide bonds. The van der Waals surface area contributed by atoms with Gasteiger partial charge in [-0.25, -0.2) is 9.59 Å². The zero-order valence-electron chi connectivity index (χ0n) is 19.6. The lowest BCUT2D eigenvalue weighted by Gasteiger charge is -2.10. The van der Waals surface area contributed by atoms with Crippen molar-refractivity contribution >= 4 is 41.3 Å². The third kappa shape index (κ3) is 5.62. The summed E-state index contributed by atoms with van der Waals surface area (Å²) in [5.41, 5.74) is 1.55. The van der Waals surface area contributed by atoms with Crippen LogP contribution in [0.2, 0.25) is 5.02 Å². The number of hydrogen-bond acceptors (Lipinski definition) is 8. The van der Waals surface area contributed by atoms with Crippen molar-refractivity contribution in [1.82, 2.24) is 10.2 Å². The maximum absolute atomic E-state index is 12.8. The number of nitrogens with zero attached hydrogens (tertiary/aromatic N) is 2. The molecule has 0 bridgehead atoms. The fourth-order valence-electron chi connectivity index (χ4n) is 3.51. The summed E-state index contributed by atoms with van der Waals surface area (Å²) in [5.74, 6) is -1.41. The van der Waals surface area contributed by atoms with E-state index in [2.05, 4.69) is 10.1 Å². The maximum atomic E-state index is 12.8. The molecule has 2 heterocycles. The highest BCUT2D eigenvalue weighted by molar-refractivity contribution is 6.32. The van der Waals surface area contributed by atoms with Crippen molar-refractivity contribution in [1.29, 1.82) is 0 Å². The Morgan fingerprint density at radius 3 is 2.59 bits per heavy atom. The molecule has 2 aromatic carbocycles. The molecule has 1 aromatic heterocycles. The molecule has 12 heteroatoms. The van der Waals surface area contributed by atoms with Gasteiger partial charge >= 0.3 is 17.7 Å². The third-order valence-corrected chi connectivity index (χ3v) is 5.66. The van der Waals surface area contributed by atoms with Crippen LogP contribution in [-0.4, -0.2) is 34.8 Å². The highest BCUT2D eigenvalue weighted by Crippen LogP contribution is 2.37. The van der Waals surface area contributed by atoms with Crippen LogP contribution >= 0.6 is 11.6 Å². The highest BCUT2D eigenvalue weighted by Gasteiger charge is 2.34. The van der Waals surface area contributed by atoms with Gasteiger partial charge in [-0.05, 0) is 42.3 Å². The topological polar surface area (TPSA) is 141 Å². The van der Waals surface area contributed by atoms with E-state index in [0.29, 0.717) is 0 Å². The van der Waals surface area contributed by atoms with Crippen molar-refractivity contribution in [3.05, 3.63) is 97.6 Å². The van der Waals surface area contributed by atoms with E-state index in [1.54, 1.807) is 0 Å². The SMILES string of the molecule is COC(=O)c1ccc(CN2C(=O)N/C(=C\c3cc(Cl)c(OCc4ccc(C)cc4)c([N+](=O)[O-])c3)C2=O)o1. The molecule has 1 aliphatic rings. The number of rotatable bonds is 8. The minimum Gasteiger partial charge on any atom is -0.481 e. The average molecular weight is 526 g/mol. The van der Waals surface area contributed by atoms with Crippen LogP contribution in [-0.2, 0) is 22.7 Å². The average Bonchev–Trinajstić information content (AvgIpc) is 3.44. The fourth-order valence-corrected chi connectivity index (χ4v) is 3.79. The number of nitro groups is 1. The lowest BCUT2D eigenvalue weighted by molar-refractivity contribution is -0.385. The number of nitrogens with one attached hydrogen (secondary N) is 1. The minimum absolute atomic E-state index is 0.0345. The van der Waals surface area contributed by atoms with E-state index in [9.17, 15) is 24.5 Å². The third-order valence-electron chi connectivity index (χ3n) is 5.38. The van der Waals surface area contributed by atoms with Gasteiger partial charge in [0.05, 0.1) is 23.6 Å². The van der Waals surface area contributed by atoms with Crippen molar-refractivity contribution < 1.29 is 33.2 Å². The zero-order chi connectivity index (χ0) is 26.7. The number of halogens is 1. The number of nitro benzene ring substituents is 1. The monoisotopic (exact) mass is 525 g/mol. The van der Waals surface area contributed by atoms with E-state index in [1.807, 2.05) is 31.2 Å². The van der Waals surface area contributed by atoms with Gasteiger partial charge in [-0.2, -0.15) is 0 Å². The van der Waals surface area contributed by atoms with Gasteiger partial charge in [0.25, 0.3) is 5.91 Å². The summed E-state index contributed by atoms with van der Waals surface area (Å²) in [7, 11) is 1.19. The second kappa shape index (κ2) is 10.5. The molecular weight excluding hydrogens is 506 g/mol. The number of urea groups is 1. The normalized spacial score (nSPS) is 14.1. The Balaban J connectivity index is 1.54. The Hall–Kier alpha value is -4.64. The first-order chi connectivity index (χ1) is 17.7. The fraction of sp³-hybridized carbons (Fsp3) is 0.160. The smallest absolute Gasteiger partial charge is 0.373 e. The molecular formula is C25H20ClN3O8. The Bertz CT molecular complexity index is 1430. The number of carbonyl (C=O) groups is 3. The molecule has 0 radical (unpaired) electrons. The number of amides is 3. The first-order valence-electron chi connectivity index (χ1n) is 10.8. The Labute approximate surface area is 215 Å². The van der Waals surface area contributed by atoms with E-state index in [0.717, 1.165) is 16.0 Å². The van der Waals surface area contributed by atoms with Crippen LogP contribution in [0.3, 0.4) is 0 Å². The summed E-state index contributed by atoms with van der Waals surface area (Å²) in [5, 5.41) is 14.1. The molecule has 1 aliphatic heterocycles. The van der Waals surface area contributed by atoms with Gasteiger partial charge in [-0.15, -0.1) is 0 Å². The number of methoxy groups -OCH3 is 1. The van der Waals surface area contributed by atoms with Gasteiger partial charge in [0.15, 0.2) is 0 Å². The molecule has 3 aromatic rings. The number of carbonyl (C=O) groups excluding carboxylic acids is 3.